The van der Waals surface area contributed by atoms with E-state index < -0.39 is 0 Å². The fourth-order valence-electron chi connectivity index (χ4n) is 4.97. The number of fused-ring (bicyclic) bond motifs is 3. The number of hydrogen-bond acceptors (Lipinski definition) is 8. The molecule has 0 bridgehead atoms. The number of benzene rings is 2. The maximum atomic E-state index is 14.4. The Labute approximate surface area is 226 Å². The van der Waals surface area contributed by atoms with Crippen molar-refractivity contribution in [2.75, 3.05) is 5.32 Å². The van der Waals surface area contributed by atoms with Crippen molar-refractivity contribution in [2.45, 2.75) is 13.0 Å². The first-order chi connectivity index (χ1) is 19.2. The maximum absolute atomic E-state index is 14.4. The van der Waals surface area contributed by atoms with Crippen LogP contribution >= 0.6 is 11.3 Å². The fraction of sp³-hybridized carbons (Fsp3) is 0.0667. The predicted molar refractivity (Wildman–Crippen MR) is 155 cm³/mol. The minimum Gasteiger partial charge on any atom is -0.360 e. The molecule has 7 rings (SSSR count). The van der Waals surface area contributed by atoms with Gasteiger partial charge in [-0.1, -0.05) is 36.4 Å². The summed E-state index contributed by atoms with van der Waals surface area (Å²) in [6.07, 6.45) is 6.78. The van der Waals surface area contributed by atoms with Crippen molar-refractivity contribution in [3.05, 3.63) is 113 Å². The summed E-state index contributed by atoms with van der Waals surface area (Å²) in [7, 11) is 0. The van der Waals surface area contributed by atoms with Crippen LogP contribution in [0.5, 0.6) is 0 Å². The van der Waals surface area contributed by atoms with Crippen LogP contribution in [0.3, 0.4) is 0 Å². The van der Waals surface area contributed by atoms with Crippen molar-refractivity contribution in [3.63, 3.8) is 0 Å². The molecule has 0 saturated heterocycles. The second kappa shape index (κ2) is 9.38. The summed E-state index contributed by atoms with van der Waals surface area (Å²) in [6.45, 7) is 2.03. The van der Waals surface area contributed by atoms with E-state index in [4.69, 9.17) is 0 Å². The van der Waals surface area contributed by atoms with Gasteiger partial charge in [0.25, 0.3) is 5.56 Å². The molecule has 9 heteroatoms. The molecule has 7 aromatic rings. The summed E-state index contributed by atoms with van der Waals surface area (Å²) >= 11 is 1.57. The van der Waals surface area contributed by atoms with Gasteiger partial charge in [-0.25, -0.2) is 19.9 Å². The largest absolute Gasteiger partial charge is 0.360 e. The first-order valence-corrected chi connectivity index (χ1v) is 13.3. The summed E-state index contributed by atoms with van der Waals surface area (Å²) < 4.78 is 2.83. The standard InChI is InChI=1S/C30H21N7OS/c1-18(36-29-27-25(10-11-32-29)39-17-35-27)24-15-19-6-5-9-22(20-14-23-28(34-16-20)33-13-12-31-23)26(19)30(38)37(24)21-7-3-2-4-8-21/h2-18H,1H3,(H,32,36)/t18-/m0/s1. The molecule has 0 saturated carbocycles. The number of anilines is 1. The van der Waals surface area contributed by atoms with E-state index in [1.165, 1.54) is 0 Å². The molecule has 1 N–H and O–H groups in total. The lowest BCUT2D eigenvalue weighted by molar-refractivity contribution is 0.774. The van der Waals surface area contributed by atoms with E-state index >= 15 is 0 Å². The van der Waals surface area contributed by atoms with Crippen LogP contribution < -0.4 is 10.9 Å². The van der Waals surface area contributed by atoms with E-state index in [9.17, 15) is 4.79 Å². The SMILES string of the molecule is C[C@H](Nc1nccc2scnc12)c1cc2cccc(-c3cnc4nccnc4c3)c2c(=O)n1-c1ccccc1. The first kappa shape index (κ1) is 23.1. The molecule has 0 fully saturated rings. The molecule has 8 nitrogen and oxygen atoms in total. The highest BCUT2D eigenvalue weighted by molar-refractivity contribution is 7.16. The van der Waals surface area contributed by atoms with E-state index in [-0.39, 0.29) is 11.6 Å². The van der Waals surface area contributed by atoms with Gasteiger partial charge in [0.05, 0.1) is 21.6 Å². The summed E-state index contributed by atoms with van der Waals surface area (Å²) in [4.78, 5) is 36.6. The van der Waals surface area contributed by atoms with Crippen LogP contribution in [0.4, 0.5) is 5.82 Å². The molecule has 2 aromatic carbocycles. The quantitative estimate of drug-likeness (QED) is 0.286. The molecule has 0 spiro atoms. The number of nitrogens with one attached hydrogen (secondary N) is 1. The van der Waals surface area contributed by atoms with E-state index in [1.54, 1.807) is 40.7 Å². The summed E-state index contributed by atoms with van der Waals surface area (Å²) in [5, 5.41) is 4.96. The lowest BCUT2D eigenvalue weighted by atomic mass is 9.98. The molecule has 0 radical (unpaired) electrons. The minimum absolute atomic E-state index is 0.114. The molecular weight excluding hydrogens is 506 g/mol. The molecule has 0 aliphatic carbocycles. The summed E-state index contributed by atoms with van der Waals surface area (Å²) in [6, 6.07) is 21.3. The number of hydrogen-bond donors (Lipinski definition) is 1. The van der Waals surface area contributed by atoms with E-state index in [2.05, 4.69) is 36.3 Å². The molecule has 188 valence electrons. The Hall–Kier alpha value is -5.02. The first-order valence-electron chi connectivity index (χ1n) is 12.4. The molecule has 0 aliphatic rings. The zero-order valence-electron chi connectivity index (χ0n) is 20.8. The third kappa shape index (κ3) is 4.00. The van der Waals surface area contributed by atoms with Crippen LogP contribution in [0, 0.1) is 0 Å². The molecule has 0 aliphatic heterocycles. The van der Waals surface area contributed by atoms with Crippen molar-refractivity contribution >= 4 is 49.3 Å². The smallest absolute Gasteiger partial charge is 0.263 e. The number of aromatic nitrogens is 6. The molecule has 0 unspecified atom stereocenters. The zero-order valence-corrected chi connectivity index (χ0v) is 21.6. The predicted octanol–water partition coefficient (Wildman–Crippen LogP) is 6.17. The van der Waals surface area contributed by atoms with E-state index in [0.29, 0.717) is 22.4 Å². The van der Waals surface area contributed by atoms with Gasteiger partial charge in [0.2, 0.25) is 0 Å². The molecule has 39 heavy (non-hydrogen) atoms. The topological polar surface area (TPSA) is 98.5 Å². The normalized spacial score (nSPS) is 12.2. The highest BCUT2D eigenvalue weighted by Gasteiger charge is 2.20. The Kier molecular flexibility index (Phi) is 5.56. The van der Waals surface area contributed by atoms with Gasteiger partial charge in [-0.15, -0.1) is 11.3 Å². The van der Waals surface area contributed by atoms with Crippen LogP contribution in [0.25, 0.3) is 49.0 Å². The molecule has 5 heterocycles. The second-order valence-electron chi connectivity index (χ2n) is 9.16. The van der Waals surface area contributed by atoms with Crippen molar-refractivity contribution in [1.82, 2.24) is 29.5 Å². The number of thiazole rings is 1. The van der Waals surface area contributed by atoms with E-state index in [1.807, 2.05) is 73.1 Å². The average Bonchev–Trinajstić information content (AvgIpc) is 3.47. The number of para-hydroxylation sites is 1. The Bertz CT molecular complexity index is 2050. The van der Waals surface area contributed by atoms with Gasteiger partial charge in [-0.3, -0.25) is 14.3 Å². The third-order valence-corrected chi connectivity index (χ3v) is 7.56. The highest BCUT2D eigenvalue weighted by atomic mass is 32.1. The van der Waals surface area contributed by atoms with Gasteiger partial charge in [-0.2, -0.15) is 0 Å². The minimum atomic E-state index is -0.247. The van der Waals surface area contributed by atoms with Crippen molar-refractivity contribution < 1.29 is 0 Å². The number of nitrogens with zero attached hydrogens (tertiary/aromatic N) is 6. The van der Waals surface area contributed by atoms with Crippen molar-refractivity contribution in [3.8, 4) is 16.8 Å². The van der Waals surface area contributed by atoms with Crippen LogP contribution in [0.2, 0.25) is 0 Å². The maximum Gasteiger partial charge on any atom is 0.263 e. The molecule has 5 aromatic heterocycles. The van der Waals surface area contributed by atoms with Gasteiger partial charge in [0.15, 0.2) is 11.5 Å². The average molecular weight is 528 g/mol. The monoisotopic (exact) mass is 527 g/mol. The Morgan fingerprint density at radius 2 is 1.74 bits per heavy atom. The zero-order chi connectivity index (χ0) is 26.3. The molecular formula is C30H21N7OS. The van der Waals surface area contributed by atoms with E-state index in [0.717, 1.165) is 38.1 Å². The Balaban J connectivity index is 1.44. The van der Waals surface area contributed by atoms with Crippen LogP contribution in [0.15, 0.2) is 102 Å². The third-order valence-electron chi connectivity index (χ3n) is 6.77. The van der Waals surface area contributed by atoms with Gasteiger partial charge in [0, 0.05) is 41.7 Å². The van der Waals surface area contributed by atoms with Crippen LogP contribution in [-0.4, -0.2) is 29.5 Å². The van der Waals surface area contributed by atoms with Gasteiger partial charge in [0.1, 0.15) is 11.0 Å². The number of rotatable bonds is 5. The Morgan fingerprint density at radius 1 is 0.872 bits per heavy atom. The van der Waals surface area contributed by atoms with Crippen molar-refractivity contribution in [2.24, 2.45) is 0 Å². The van der Waals surface area contributed by atoms with Gasteiger partial charge >= 0.3 is 0 Å². The lowest BCUT2D eigenvalue weighted by Gasteiger charge is -2.22. The van der Waals surface area contributed by atoms with Gasteiger partial charge in [-0.05, 0) is 48.2 Å². The fourth-order valence-corrected chi connectivity index (χ4v) is 5.64. The van der Waals surface area contributed by atoms with Crippen molar-refractivity contribution in [1.29, 1.82) is 0 Å². The number of pyridine rings is 3. The molecule has 0 amide bonds. The van der Waals surface area contributed by atoms with Crippen LogP contribution in [-0.2, 0) is 0 Å². The van der Waals surface area contributed by atoms with Gasteiger partial charge < -0.3 is 5.32 Å². The van der Waals surface area contributed by atoms with Crippen LogP contribution in [0.1, 0.15) is 18.7 Å². The highest BCUT2D eigenvalue weighted by Crippen LogP contribution is 2.31. The second-order valence-corrected chi connectivity index (χ2v) is 10.0. The molecule has 1 atom stereocenters. The lowest BCUT2D eigenvalue weighted by Crippen LogP contribution is -2.26. The summed E-state index contributed by atoms with van der Waals surface area (Å²) in [5.41, 5.74) is 6.95. The summed E-state index contributed by atoms with van der Waals surface area (Å²) in [5.74, 6) is 0.686. The Morgan fingerprint density at radius 3 is 2.64 bits per heavy atom.